The largest absolute Gasteiger partial charge is 0.322 e. The molecule has 84 valence electrons. The molecule has 2 rings (SSSR count). The van der Waals surface area contributed by atoms with Crippen LogP contribution < -0.4 is 5.73 Å². The molecule has 0 saturated carbocycles. The van der Waals surface area contributed by atoms with Crippen LogP contribution in [-0.4, -0.2) is 20.8 Å². The molecular formula is C10H16BrN3S. The van der Waals surface area contributed by atoms with E-state index in [0.29, 0.717) is 5.25 Å². The average Bonchev–Trinajstić information content (AvgIpc) is 2.59. The lowest BCUT2D eigenvalue weighted by atomic mass is 10.1. The molecule has 1 saturated heterocycles. The Morgan fingerprint density at radius 3 is 3.00 bits per heavy atom. The second-order valence-electron chi connectivity index (χ2n) is 3.93. The van der Waals surface area contributed by atoms with E-state index in [9.17, 15) is 0 Å². The molecule has 0 spiro atoms. The standard InChI is InChI=1S/C10H16BrN3S/c1-14-10(7(11)6-13-14)9(12)8-4-2-3-5-15-8/h6,8-9H,2-5,12H2,1H3. The zero-order valence-electron chi connectivity index (χ0n) is 8.82. The molecule has 1 aliphatic rings. The van der Waals surface area contributed by atoms with Gasteiger partial charge in [0.25, 0.3) is 0 Å². The first-order valence-corrected chi connectivity index (χ1v) is 7.09. The van der Waals surface area contributed by atoms with Crippen molar-refractivity contribution in [2.75, 3.05) is 5.75 Å². The quantitative estimate of drug-likeness (QED) is 0.910. The first-order valence-electron chi connectivity index (χ1n) is 5.24. The number of aromatic nitrogens is 2. The lowest BCUT2D eigenvalue weighted by Crippen LogP contribution is -2.28. The molecule has 2 atom stereocenters. The molecule has 3 nitrogen and oxygen atoms in total. The number of nitrogens with two attached hydrogens (primary N) is 1. The highest BCUT2D eigenvalue weighted by atomic mass is 79.9. The van der Waals surface area contributed by atoms with E-state index in [4.69, 9.17) is 5.73 Å². The van der Waals surface area contributed by atoms with E-state index in [1.807, 2.05) is 29.7 Å². The van der Waals surface area contributed by atoms with Gasteiger partial charge in [-0.1, -0.05) is 6.42 Å². The summed E-state index contributed by atoms with van der Waals surface area (Å²) in [6, 6.07) is 0.0946. The van der Waals surface area contributed by atoms with Crippen LogP contribution in [0.25, 0.3) is 0 Å². The first-order chi connectivity index (χ1) is 7.20. The fourth-order valence-electron chi connectivity index (χ4n) is 2.02. The van der Waals surface area contributed by atoms with Gasteiger partial charge in [-0.3, -0.25) is 4.68 Å². The van der Waals surface area contributed by atoms with E-state index in [0.717, 1.165) is 10.2 Å². The normalized spacial score (nSPS) is 24.1. The Morgan fingerprint density at radius 2 is 2.47 bits per heavy atom. The average molecular weight is 290 g/mol. The second kappa shape index (κ2) is 4.89. The van der Waals surface area contributed by atoms with E-state index in [1.165, 1.54) is 25.0 Å². The van der Waals surface area contributed by atoms with Gasteiger partial charge in [-0.05, 0) is 34.5 Å². The van der Waals surface area contributed by atoms with Gasteiger partial charge in [0.05, 0.1) is 22.4 Å². The summed E-state index contributed by atoms with van der Waals surface area (Å²) in [5.41, 5.74) is 7.42. The summed E-state index contributed by atoms with van der Waals surface area (Å²) in [4.78, 5) is 0. The van der Waals surface area contributed by atoms with Crippen molar-refractivity contribution in [3.8, 4) is 0 Å². The zero-order valence-corrected chi connectivity index (χ0v) is 11.2. The molecule has 0 amide bonds. The molecule has 1 aliphatic heterocycles. The van der Waals surface area contributed by atoms with Crippen molar-refractivity contribution in [3.63, 3.8) is 0 Å². The van der Waals surface area contributed by atoms with Gasteiger partial charge in [0.1, 0.15) is 0 Å². The topological polar surface area (TPSA) is 43.8 Å². The molecule has 5 heteroatoms. The van der Waals surface area contributed by atoms with Gasteiger partial charge in [0, 0.05) is 12.3 Å². The molecule has 1 aromatic heterocycles. The van der Waals surface area contributed by atoms with E-state index in [1.54, 1.807) is 0 Å². The number of halogens is 1. The van der Waals surface area contributed by atoms with Gasteiger partial charge in [-0.2, -0.15) is 16.9 Å². The molecule has 1 aromatic rings. The van der Waals surface area contributed by atoms with Crippen molar-refractivity contribution in [2.45, 2.75) is 30.6 Å². The van der Waals surface area contributed by atoms with E-state index >= 15 is 0 Å². The molecule has 0 aliphatic carbocycles. The highest BCUT2D eigenvalue weighted by molar-refractivity contribution is 9.10. The summed E-state index contributed by atoms with van der Waals surface area (Å²) >= 11 is 5.51. The number of aryl methyl sites for hydroxylation is 1. The predicted molar refractivity (Wildman–Crippen MR) is 67.9 cm³/mol. The SMILES string of the molecule is Cn1ncc(Br)c1C(N)C1CCCCS1. The maximum Gasteiger partial charge on any atom is 0.0701 e. The number of hydrogen-bond donors (Lipinski definition) is 1. The lowest BCUT2D eigenvalue weighted by molar-refractivity contribution is 0.544. The van der Waals surface area contributed by atoms with Gasteiger partial charge in [-0.25, -0.2) is 0 Å². The molecule has 2 heterocycles. The number of rotatable bonds is 2. The summed E-state index contributed by atoms with van der Waals surface area (Å²) in [5, 5.41) is 4.76. The van der Waals surface area contributed by atoms with Crippen LogP contribution in [0.4, 0.5) is 0 Å². The van der Waals surface area contributed by atoms with Crippen molar-refractivity contribution in [1.82, 2.24) is 9.78 Å². The van der Waals surface area contributed by atoms with Crippen molar-refractivity contribution in [1.29, 1.82) is 0 Å². The van der Waals surface area contributed by atoms with Crippen LogP contribution in [0.2, 0.25) is 0 Å². The van der Waals surface area contributed by atoms with Crippen LogP contribution in [0.3, 0.4) is 0 Å². The third-order valence-electron chi connectivity index (χ3n) is 2.87. The fraction of sp³-hybridized carbons (Fsp3) is 0.700. The molecule has 0 bridgehead atoms. The summed E-state index contributed by atoms with van der Waals surface area (Å²) in [6.07, 6.45) is 5.69. The summed E-state index contributed by atoms with van der Waals surface area (Å²) in [6.45, 7) is 0. The van der Waals surface area contributed by atoms with E-state index < -0.39 is 0 Å². The van der Waals surface area contributed by atoms with Gasteiger partial charge in [0.15, 0.2) is 0 Å². The lowest BCUT2D eigenvalue weighted by Gasteiger charge is -2.27. The molecule has 2 N–H and O–H groups in total. The van der Waals surface area contributed by atoms with Crippen molar-refractivity contribution >= 4 is 27.7 Å². The maximum atomic E-state index is 6.30. The molecule has 0 radical (unpaired) electrons. The van der Waals surface area contributed by atoms with Crippen molar-refractivity contribution < 1.29 is 0 Å². The fourth-order valence-corrected chi connectivity index (χ4v) is 3.98. The van der Waals surface area contributed by atoms with Gasteiger partial charge in [-0.15, -0.1) is 0 Å². The number of thioether (sulfide) groups is 1. The maximum absolute atomic E-state index is 6.30. The van der Waals surface area contributed by atoms with Crippen LogP contribution in [0.5, 0.6) is 0 Å². The Bertz CT molecular complexity index is 314. The van der Waals surface area contributed by atoms with Crippen molar-refractivity contribution in [2.24, 2.45) is 12.8 Å². The smallest absolute Gasteiger partial charge is 0.0701 e. The van der Waals surface area contributed by atoms with Crippen LogP contribution in [0.1, 0.15) is 31.0 Å². The van der Waals surface area contributed by atoms with Gasteiger partial charge in [0.2, 0.25) is 0 Å². The summed E-state index contributed by atoms with van der Waals surface area (Å²) in [5.74, 6) is 1.24. The molecule has 0 aromatic carbocycles. The monoisotopic (exact) mass is 289 g/mol. The highest BCUT2D eigenvalue weighted by Gasteiger charge is 2.26. The Balaban J connectivity index is 2.15. The summed E-state index contributed by atoms with van der Waals surface area (Å²) in [7, 11) is 1.95. The van der Waals surface area contributed by atoms with E-state index in [2.05, 4.69) is 21.0 Å². The Labute approximate surface area is 103 Å². The minimum atomic E-state index is 0.0946. The van der Waals surface area contributed by atoms with Crippen LogP contribution in [0, 0.1) is 0 Å². The van der Waals surface area contributed by atoms with Crippen LogP contribution in [0.15, 0.2) is 10.7 Å². The minimum absolute atomic E-state index is 0.0946. The minimum Gasteiger partial charge on any atom is -0.322 e. The van der Waals surface area contributed by atoms with Gasteiger partial charge >= 0.3 is 0 Å². The third kappa shape index (κ3) is 2.40. The highest BCUT2D eigenvalue weighted by Crippen LogP contribution is 2.35. The van der Waals surface area contributed by atoms with Crippen LogP contribution in [-0.2, 0) is 7.05 Å². The number of nitrogens with zero attached hydrogens (tertiary/aromatic N) is 2. The number of hydrogen-bond acceptors (Lipinski definition) is 3. The Hall–Kier alpha value is -0.0000000000000000555. The van der Waals surface area contributed by atoms with Gasteiger partial charge < -0.3 is 5.73 Å². The second-order valence-corrected chi connectivity index (χ2v) is 6.13. The van der Waals surface area contributed by atoms with E-state index in [-0.39, 0.29) is 6.04 Å². The molecule has 15 heavy (non-hydrogen) atoms. The first kappa shape index (κ1) is 11.5. The molecule has 2 unspecified atom stereocenters. The molecular weight excluding hydrogens is 274 g/mol. The third-order valence-corrected chi connectivity index (χ3v) is 4.96. The molecule has 1 fully saturated rings. The zero-order chi connectivity index (χ0) is 10.8. The van der Waals surface area contributed by atoms with Crippen molar-refractivity contribution in [3.05, 3.63) is 16.4 Å². The summed E-state index contributed by atoms with van der Waals surface area (Å²) < 4.78 is 2.91. The Morgan fingerprint density at radius 1 is 1.67 bits per heavy atom. The Kier molecular flexibility index (Phi) is 3.74. The predicted octanol–water partition coefficient (Wildman–Crippen LogP) is 2.47. The van der Waals surface area contributed by atoms with Crippen LogP contribution >= 0.6 is 27.7 Å².